The van der Waals surface area contributed by atoms with Crippen LogP contribution in [0.25, 0.3) is 0 Å². The first-order valence-corrected chi connectivity index (χ1v) is 13.9. The third-order valence-electron chi connectivity index (χ3n) is 6.21. The number of thiol groups is 1. The van der Waals surface area contributed by atoms with Gasteiger partial charge in [0.15, 0.2) is 0 Å². The largest absolute Gasteiger partial charge is 0.489 e. The molecule has 0 bridgehead atoms. The Balaban J connectivity index is 1.30. The van der Waals surface area contributed by atoms with E-state index in [1.807, 2.05) is 127 Å². The fourth-order valence-electron chi connectivity index (χ4n) is 4.16. The van der Waals surface area contributed by atoms with Crippen molar-refractivity contribution >= 4 is 12.6 Å². The summed E-state index contributed by atoms with van der Waals surface area (Å²) in [5.74, 6) is 3.50. The van der Waals surface area contributed by atoms with Gasteiger partial charge in [0.25, 0.3) is 0 Å². The molecule has 4 nitrogen and oxygen atoms in total. The molecule has 5 aromatic carbocycles. The van der Waals surface area contributed by atoms with Gasteiger partial charge in [-0.3, -0.25) is 0 Å². The Bertz CT molecular complexity index is 1410. The minimum absolute atomic E-state index is 0.346. The molecule has 0 aliphatic heterocycles. The van der Waals surface area contributed by atoms with Crippen molar-refractivity contribution in [1.29, 1.82) is 0 Å². The van der Waals surface area contributed by atoms with Crippen LogP contribution in [0.4, 0.5) is 0 Å². The van der Waals surface area contributed by atoms with Crippen LogP contribution in [0.2, 0.25) is 0 Å². The van der Waals surface area contributed by atoms with E-state index in [0.717, 1.165) is 50.8 Å². The second kappa shape index (κ2) is 14.2. The fourth-order valence-corrected chi connectivity index (χ4v) is 4.34. The lowest BCUT2D eigenvalue weighted by Gasteiger charge is -2.15. The molecule has 0 fully saturated rings. The van der Waals surface area contributed by atoms with Crippen molar-refractivity contribution < 1.29 is 18.9 Å². The van der Waals surface area contributed by atoms with E-state index in [2.05, 4.69) is 12.6 Å². The fraction of sp³-hybridized carbons (Fsp3) is 0.143. The Morgan fingerprint density at radius 2 is 0.650 bits per heavy atom. The number of ether oxygens (including phenoxy) is 4. The Morgan fingerprint density at radius 3 is 0.975 bits per heavy atom. The summed E-state index contributed by atoms with van der Waals surface area (Å²) in [5, 5.41) is 0. The summed E-state index contributed by atoms with van der Waals surface area (Å²) in [4.78, 5) is 0. The van der Waals surface area contributed by atoms with Crippen molar-refractivity contribution in [1.82, 2.24) is 0 Å². The van der Waals surface area contributed by atoms with Crippen molar-refractivity contribution in [2.75, 3.05) is 0 Å². The molecule has 0 unspecified atom stereocenters. The summed E-state index contributed by atoms with van der Waals surface area (Å²) in [6.07, 6.45) is 0. The lowest BCUT2D eigenvalue weighted by atomic mass is 10.2. The van der Waals surface area contributed by atoms with E-state index >= 15 is 0 Å². The second-order valence-electron chi connectivity index (χ2n) is 9.39. The van der Waals surface area contributed by atoms with E-state index in [1.165, 1.54) is 0 Å². The van der Waals surface area contributed by atoms with E-state index in [9.17, 15) is 0 Å². The molecule has 0 aliphatic carbocycles. The normalized spacial score (nSPS) is 10.6. The molecule has 0 aromatic heterocycles. The molecule has 5 aromatic rings. The molecular formula is C35H32O4S. The monoisotopic (exact) mass is 548 g/mol. The average Bonchev–Trinajstić information content (AvgIpc) is 3.02. The summed E-state index contributed by atoms with van der Waals surface area (Å²) >= 11 is 4.47. The Morgan fingerprint density at radius 1 is 0.350 bits per heavy atom. The van der Waals surface area contributed by atoms with Crippen molar-refractivity contribution in [2.24, 2.45) is 0 Å². The van der Waals surface area contributed by atoms with Crippen LogP contribution in [-0.2, 0) is 32.2 Å². The molecule has 0 N–H and O–H groups in total. The third-order valence-corrected chi connectivity index (χ3v) is 6.58. The first-order chi connectivity index (χ1) is 19.7. The van der Waals surface area contributed by atoms with Crippen molar-refractivity contribution in [3.63, 3.8) is 0 Å². The predicted molar refractivity (Wildman–Crippen MR) is 162 cm³/mol. The van der Waals surface area contributed by atoms with Crippen molar-refractivity contribution in [3.8, 4) is 23.0 Å². The highest BCUT2D eigenvalue weighted by molar-refractivity contribution is 7.79. The SMILES string of the molecule is SCc1cc(OCc2ccccc2)cc(OCc2cc(OCc3ccccc3)cc(OCc3ccccc3)c2)c1. The lowest BCUT2D eigenvalue weighted by molar-refractivity contribution is 0.278. The van der Waals surface area contributed by atoms with Gasteiger partial charge in [-0.2, -0.15) is 12.6 Å². The van der Waals surface area contributed by atoms with Gasteiger partial charge in [-0.1, -0.05) is 91.0 Å². The van der Waals surface area contributed by atoms with Gasteiger partial charge < -0.3 is 18.9 Å². The van der Waals surface area contributed by atoms with Gasteiger partial charge in [0.2, 0.25) is 0 Å². The summed E-state index contributed by atoms with van der Waals surface area (Å²) in [5.41, 5.74) is 5.27. The molecule has 0 aliphatic rings. The highest BCUT2D eigenvalue weighted by Crippen LogP contribution is 2.28. The second-order valence-corrected chi connectivity index (χ2v) is 9.71. The van der Waals surface area contributed by atoms with Gasteiger partial charge in [-0.15, -0.1) is 0 Å². The maximum absolute atomic E-state index is 6.24. The van der Waals surface area contributed by atoms with Crippen LogP contribution in [0, 0.1) is 0 Å². The van der Waals surface area contributed by atoms with Crippen LogP contribution in [0.3, 0.4) is 0 Å². The molecule has 0 heterocycles. The van der Waals surface area contributed by atoms with Crippen LogP contribution < -0.4 is 18.9 Å². The highest BCUT2D eigenvalue weighted by atomic mass is 32.1. The standard InChI is InChI=1S/C35H32O4S/c40-26-31-18-34(38-24-29-14-8-3-9-15-29)21-35(19-31)39-25-30-16-32(36-22-27-10-4-1-5-11-27)20-33(17-30)37-23-28-12-6-2-7-13-28/h1-21,40H,22-26H2. The predicted octanol–water partition coefficient (Wildman–Crippen LogP) is 8.43. The average molecular weight is 549 g/mol. The first-order valence-electron chi connectivity index (χ1n) is 13.3. The third kappa shape index (κ3) is 8.32. The number of benzene rings is 5. The van der Waals surface area contributed by atoms with E-state index in [-0.39, 0.29) is 0 Å². The van der Waals surface area contributed by atoms with Crippen molar-refractivity contribution in [3.05, 3.63) is 155 Å². The summed E-state index contributed by atoms with van der Waals surface area (Å²) < 4.78 is 24.6. The number of rotatable bonds is 13. The molecule has 0 radical (unpaired) electrons. The van der Waals surface area contributed by atoms with Crippen molar-refractivity contribution in [2.45, 2.75) is 32.2 Å². The van der Waals surface area contributed by atoms with Gasteiger partial charge in [-0.25, -0.2) is 0 Å². The lowest BCUT2D eigenvalue weighted by Crippen LogP contribution is -2.02. The minimum Gasteiger partial charge on any atom is -0.489 e. The Hall–Kier alpha value is -4.35. The molecular weight excluding hydrogens is 516 g/mol. The zero-order chi connectivity index (χ0) is 27.4. The smallest absolute Gasteiger partial charge is 0.123 e. The highest BCUT2D eigenvalue weighted by Gasteiger charge is 2.08. The molecule has 40 heavy (non-hydrogen) atoms. The van der Waals surface area contributed by atoms with Crippen LogP contribution in [0.1, 0.15) is 27.8 Å². The molecule has 5 rings (SSSR count). The Kier molecular flexibility index (Phi) is 9.63. The minimum atomic E-state index is 0.346. The number of hydrogen-bond donors (Lipinski definition) is 1. The maximum atomic E-state index is 6.24. The zero-order valence-electron chi connectivity index (χ0n) is 22.2. The molecule has 202 valence electrons. The van der Waals surface area contributed by atoms with Crippen LogP contribution in [0.15, 0.2) is 127 Å². The summed E-state index contributed by atoms with van der Waals surface area (Å²) in [7, 11) is 0. The quantitative estimate of drug-likeness (QED) is 0.150. The van der Waals surface area contributed by atoms with Gasteiger partial charge in [0.05, 0.1) is 0 Å². The van der Waals surface area contributed by atoms with E-state index in [1.54, 1.807) is 0 Å². The molecule has 5 heteroatoms. The number of hydrogen-bond acceptors (Lipinski definition) is 5. The van der Waals surface area contributed by atoms with Crippen LogP contribution >= 0.6 is 12.6 Å². The molecule has 0 amide bonds. The molecule has 0 saturated carbocycles. The maximum Gasteiger partial charge on any atom is 0.123 e. The zero-order valence-corrected chi connectivity index (χ0v) is 23.1. The van der Waals surface area contributed by atoms with Crippen LogP contribution in [0.5, 0.6) is 23.0 Å². The van der Waals surface area contributed by atoms with Gasteiger partial charge in [0.1, 0.15) is 49.4 Å². The molecule has 0 spiro atoms. The molecule has 0 saturated heterocycles. The molecule has 0 atom stereocenters. The topological polar surface area (TPSA) is 36.9 Å². The van der Waals surface area contributed by atoms with Gasteiger partial charge >= 0.3 is 0 Å². The summed E-state index contributed by atoms with van der Waals surface area (Å²) in [6.45, 7) is 1.77. The first kappa shape index (κ1) is 27.2. The van der Waals surface area contributed by atoms with E-state index < -0.39 is 0 Å². The van der Waals surface area contributed by atoms with E-state index in [0.29, 0.717) is 32.2 Å². The van der Waals surface area contributed by atoms with E-state index in [4.69, 9.17) is 18.9 Å². The van der Waals surface area contributed by atoms with Gasteiger partial charge in [0, 0.05) is 17.9 Å². The van der Waals surface area contributed by atoms with Crippen LogP contribution in [-0.4, -0.2) is 0 Å². The van der Waals surface area contributed by atoms with Gasteiger partial charge in [-0.05, 0) is 52.1 Å². The summed E-state index contributed by atoms with van der Waals surface area (Å²) in [6, 6.07) is 42.1. The Labute approximate surface area is 241 Å².